The van der Waals surface area contributed by atoms with Crippen LogP contribution in [0.15, 0.2) is 18.2 Å². The van der Waals surface area contributed by atoms with Crippen molar-refractivity contribution in [1.82, 2.24) is 0 Å². The van der Waals surface area contributed by atoms with E-state index in [2.05, 4.69) is 6.58 Å². The topological polar surface area (TPSA) is 40.5 Å². The summed E-state index contributed by atoms with van der Waals surface area (Å²) in [5.74, 6) is 0.550. The summed E-state index contributed by atoms with van der Waals surface area (Å²) >= 11 is 0. The Kier molecular flexibility index (Phi) is 3.40. The lowest BCUT2D eigenvalue weighted by atomic mass is 9.97. The molecule has 0 aliphatic rings. The highest BCUT2D eigenvalue weighted by molar-refractivity contribution is 5.51. The number of aromatic hydroxyl groups is 2. The highest BCUT2D eigenvalue weighted by Crippen LogP contribution is 2.33. The molecule has 0 saturated heterocycles. The highest BCUT2D eigenvalue weighted by Gasteiger charge is 2.11. The zero-order valence-electron chi connectivity index (χ0n) is 9.59. The van der Waals surface area contributed by atoms with Gasteiger partial charge in [0.2, 0.25) is 0 Å². The molecular weight excluding hydrogens is 188 g/mol. The maximum atomic E-state index is 9.87. The second kappa shape index (κ2) is 4.39. The number of aryl methyl sites for hydroxylation is 1. The molecule has 0 radical (unpaired) electrons. The van der Waals surface area contributed by atoms with Gasteiger partial charge < -0.3 is 10.2 Å². The van der Waals surface area contributed by atoms with Crippen molar-refractivity contribution in [3.8, 4) is 11.5 Å². The van der Waals surface area contributed by atoms with Crippen LogP contribution < -0.4 is 0 Å². The van der Waals surface area contributed by atoms with Gasteiger partial charge in [0.1, 0.15) is 11.5 Å². The number of phenolic OH excluding ortho intramolecular Hbond substituents is 2. The molecule has 0 fully saturated rings. The number of benzene rings is 1. The van der Waals surface area contributed by atoms with Crippen molar-refractivity contribution in [3.05, 3.63) is 34.9 Å². The number of hydrogen-bond acceptors (Lipinski definition) is 2. The normalized spacial score (nSPS) is 10.3. The van der Waals surface area contributed by atoms with E-state index in [1.54, 1.807) is 13.0 Å². The lowest BCUT2D eigenvalue weighted by molar-refractivity contribution is 0.446. The predicted molar refractivity (Wildman–Crippen MR) is 62.4 cm³/mol. The maximum Gasteiger partial charge on any atom is 0.122 e. The van der Waals surface area contributed by atoms with E-state index in [1.165, 1.54) is 0 Å². The minimum atomic E-state index is 0.252. The average Bonchev–Trinajstić information content (AvgIpc) is 2.14. The molecule has 2 nitrogen and oxygen atoms in total. The summed E-state index contributed by atoms with van der Waals surface area (Å²) in [6.45, 7) is 9.40. The molecule has 0 aliphatic heterocycles. The largest absolute Gasteiger partial charge is 0.508 e. The van der Waals surface area contributed by atoms with Crippen LogP contribution in [-0.2, 0) is 6.42 Å². The van der Waals surface area contributed by atoms with Crippen LogP contribution in [0, 0.1) is 13.8 Å². The fraction of sp³-hybridized carbons (Fsp3) is 0.385. The first kappa shape index (κ1) is 11.6. The molecule has 82 valence electrons. The summed E-state index contributed by atoms with van der Waals surface area (Å²) in [5.41, 5.74) is 3.39. The lowest BCUT2D eigenvalue weighted by Crippen LogP contribution is -1.94. The summed E-state index contributed by atoms with van der Waals surface area (Å²) in [4.78, 5) is 0. The predicted octanol–water partition coefficient (Wildman–Crippen LogP) is 3.22. The first-order chi connectivity index (χ1) is 6.93. The average molecular weight is 206 g/mol. The van der Waals surface area contributed by atoms with Crippen LogP contribution >= 0.6 is 0 Å². The van der Waals surface area contributed by atoms with E-state index in [0.717, 1.165) is 35.1 Å². The van der Waals surface area contributed by atoms with E-state index in [9.17, 15) is 10.2 Å². The Morgan fingerprint density at radius 2 is 1.93 bits per heavy atom. The van der Waals surface area contributed by atoms with Gasteiger partial charge in [0.05, 0.1) is 0 Å². The van der Waals surface area contributed by atoms with Crippen LogP contribution in [-0.4, -0.2) is 10.2 Å². The first-order valence-electron chi connectivity index (χ1n) is 5.09. The second-order valence-electron chi connectivity index (χ2n) is 4.12. The van der Waals surface area contributed by atoms with Gasteiger partial charge in [0, 0.05) is 5.56 Å². The number of hydrogen-bond donors (Lipinski definition) is 2. The van der Waals surface area contributed by atoms with Gasteiger partial charge in [-0.25, -0.2) is 0 Å². The van der Waals surface area contributed by atoms with E-state index in [4.69, 9.17) is 0 Å². The van der Waals surface area contributed by atoms with Gasteiger partial charge in [-0.2, -0.15) is 0 Å². The Bertz CT molecular complexity index is 366. The van der Waals surface area contributed by atoms with E-state index >= 15 is 0 Å². The maximum absolute atomic E-state index is 9.87. The monoisotopic (exact) mass is 206 g/mol. The first-order valence-corrected chi connectivity index (χ1v) is 5.09. The molecule has 1 aromatic rings. The Hall–Kier alpha value is -1.44. The summed E-state index contributed by atoms with van der Waals surface area (Å²) in [5, 5.41) is 19.5. The summed E-state index contributed by atoms with van der Waals surface area (Å²) in [6.07, 6.45) is 1.56. The van der Waals surface area contributed by atoms with Gasteiger partial charge in [-0.1, -0.05) is 5.57 Å². The van der Waals surface area contributed by atoms with Crippen LogP contribution in [0.1, 0.15) is 30.0 Å². The number of allylic oxidation sites excluding steroid dienone is 1. The van der Waals surface area contributed by atoms with Crippen LogP contribution in [0.25, 0.3) is 0 Å². The Labute approximate surface area is 90.9 Å². The molecule has 2 N–H and O–H groups in total. The van der Waals surface area contributed by atoms with Crippen molar-refractivity contribution in [1.29, 1.82) is 0 Å². The van der Waals surface area contributed by atoms with Crippen molar-refractivity contribution in [2.45, 2.75) is 33.6 Å². The van der Waals surface area contributed by atoms with Gasteiger partial charge in [-0.05, 0) is 50.8 Å². The molecular formula is C13H18O2. The standard InChI is InChI=1S/C13H18O2/c1-8(2)5-6-11-10(4)12(14)7-9(3)13(11)15/h7,14-15H,1,5-6H2,2-4H3. The molecule has 1 rings (SSSR count). The summed E-state index contributed by atoms with van der Waals surface area (Å²) in [7, 11) is 0. The van der Waals surface area contributed by atoms with Crippen molar-refractivity contribution < 1.29 is 10.2 Å². The molecule has 2 heteroatoms. The van der Waals surface area contributed by atoms with E-state index in [1.807, 2.05) is 13.8 Å². The molecule has 1 aromatic carbocycles. The molecule has 0 atom stereocenters. The quantitative estimate of drug-likeness (QED) is 0.589. The van der Waals surface area contributed by atoms with Gasteiger partial charge in [0.15, 0.2) is 0 Å². The van der Waals surface area contributed by atoms with Crippen LogP contribution in [0.4, 0.5) is 0 Å². The van der Waals surface area contributed by atoms with E-state index in [-0.39, 0.29) is 5.75 Å². The van der Waals surface area contributed by atoms with Gasteiger partial charge in [0.25, 0.3) is 0 Å². The SMILES string of the molecule is C=C(C)CCc1c(C)c(O)cc(C)c1O. The van der Waals surface area contributed by atoms with Crippen LogP contribution in [0.3, 0.4) is 0 Å². The van der Waals surface area contributed by atoms with Crippen LogP contribution in [0.2, 0.25) is 0 Å². The molecule has 0 saturated carbocycles. The molecule has 0 spiro atoms. The highest BCUT2D eigenvalue weighted by atomic mass is 16.3. The molecule has 0 bridgehead atoms. The van der Waals surface area contributed by atoms with Crippen molar-refractivity contribution in [2.24, 2.45) is 0 Å². The number of rotatable bonds is 3. The van der Waals surface area contributed by atoms with Crippen LogP contribution in [0.5, 0.6) is 11.5 Å². The van der Waals surface area contributed by atoms with Gasteiger partial charge in [-0.3, -0.25) is 0 Å². The van der Waals surface area contributed by atoms with E-state index in [0.29, 0.717) is 5.75 Å². The summed E-state index contributed by atoms with van der Waals surface area (Å²) < 4.78 is 0. The van der Waals surface area contributed by atoms with Crippen molar-refractivity contribution in [3.63, 3.8) is 0 Å². The molecule has 0 aromatic heterocycles. The minimum absolute atomic E-state index is 0.252. The Morgan fingerprint density at radius 1 is 1.33 bits per heavy atom. The molecule has 0 aliphatic carbocycles. The van der Waals surface area contributed by atoms with Gasteiger partial charge >= 0.3 is 0 Å². The smallest absolute Gasteiger partial charge is 0.122 e. The molecule has 0 unspecified atom stereocenters. The third-order valence-electron chi connectivity index (χ3n) is 2.65. The molecule has 15 heavy (non-hydrogen) atoms. The fourth-order valence-electron chi connectivity index (χ4n) is 1.60. The molecule has 0 amide bonds. The Balaban J connectivity index is 3.09. The summed E-state index contributed by atoms with van der Waals surface area (Å²) in [6, 6.07) is 1.59. The molecule has 0 heterocycles. The zero-order valence-corrected chi connectivity index (χ0v) is 9.59. The minimum Gasteiger partial charge on any atom is -0.508 e. The lowest BCUT2D eigenvalue weighted by Gasteiger charge is -2.12. The number of phenols is 2. The van der Waals surface area contributed by atoms with E-state index < -0.39 is 0 Å². The van der Waals surface area contributed by atoms with Crippen molar-refractivity contribution >= 4 is 0 Å². The third kappa shape index (κ3) is 2.52. The van der Waals surface area contributed by atoms with Crippen molar-refractivity contribution in [2.75, 3.05) is 0 Å². The zero-order chi connectivity index (χ0) is 11.6. The Morgan fingerprint density at radius 3 is 2.47 bits per heavy atom. The second-order valence-corrected chi connectivity index (χ2v) is 4.12. The fourth-order valence-corrected chi connectivity index (χ4v) is 1.60. The third-order valence-corrected chi connectivity index (χ3v) is 2.65. The van der Waals surface area contributed by atoms with Gasteiger partial charge in [-0.15, -0.1) is 6.58 Å².